The molecule has 0 saturated carbocycles. The summed E-state index contributed by atoms with van der Waals surface area (Å²) in [5.41, 5.74) is 5.30. The molecule has 0 radical (unpaired) electrons. The predicted octanol–water partition coefficient (Wildman–Crippen LogP) is 4.96. The number of rotatable bonds is 6. The zero-order chi connectivity index (χ0) is 17.7. The Morgan fingerprint density at radius 1 is 1.17 bits per heavy atom. The molecule has 24 heavy (non-hydrogen) atoms. The summed E-state index contributed by atoms with van der Waals surface area (Å²) in [7, 11) is 1.99. The van der Waals surface area contributed by atoms with Crippen molar-refractivity contribution < 1.29 is 4.74 Å². The van der Waals surface area contributed by atoms with Crippen molar-refractivity contribution in [2.24, 2.45) is 4.99 Å². The third-order valence-electron chi connectivity index (χ3n) is 3.66. The number of pyridine rings is 1. The summed E-state index contributed by atoms with van der Waals surface area (Å²) < 4.78 is 6.70. The monoisotopic (exact) mass is 389 g/mol. The molecule has 0 aliphatic rings. The lowest BCUT2D eigenvalue weighted by molar-refractivity contribution is 0.291. The maximum Gasteiger partial charge on any atom is 0.228 e. The number of hydrogen-bond acceptors (Lipinski definition) is 3. The Balaban J connectivity index is 2.14. The van der Waals surface area contributed by atoms with E-state index in [2.05, 4.69) is 64.9 Å². The largest absolute Gasteiger partial charge is 0.472 e. The fraction of sp³-hybridized carbons (Fsp3) is 0.368. The van der Waals surface area contributed by atoms with Gasteiger partial charge in [0.1, 0.15) is 6.61 Å². The van der Waals surface area contributed by atoms with Crippen LogP contribution in [0, 0.1) is 20.8 Å². The van der Waals surface area contributed by atoms with Crippen LogP contribution in [-0.2, 0) is 6.61 Å². The number of ether oxygens (including phenoxy) is 1. The molecule has 0 spiro atoms. The fourth-order valence-corrected chi connectivity index (χ4v) is 2.75. The van der Waals surface area contributed by atoms with Gasteiger partial charge in [-0.2, -0.15) is 0 Å². The highest BCUT2D eigenvalue weighted by Crippen LogP contribution is 2.30. The van der Waals surface area contributed by atoms with Crippen LogP contribution < -0.4 is 4.74 Å². The summed E-state index contributed by atoms with van der Waals surface area (Å²) in [5, 5.41) is 0. The maximum atomic E-state index is 5.90. The average molecular weight is 390 g/mol. The van der Waals surface area contributed by atoms with Crippen molar-refractivity contribution in [3.63, 3.8) is 0 Å². The molecule has 2 rings (SSSR count). The number of aryl methyl sites for hydroxylation is 3. The molecule has 0 unspecified atom stereocenters. The first-order chi connectivity index (χ1) is 11.4. The molecule has 0 N–H and O–H groups in total. The molecular weight excluding hydrogens is 366 g/mol. The van der Waals surface area contributed by atoms with E-state index in [1.807, 2.05) is 31.3 Å². The second-order valence-corrected chi connectivity index (χ2v) is 6.84. The molecule has 4 nitrogen and oxygen atoms in total. The first kappa shape index (κ1) is 18.5. The zero-order valence-corrected chi connectivity index (χ0v) is 16.5. The minimum atomic E-state index is 0.495. The molecule has 0 aliphatic heterocycles. The van der Waals surface area contributed by atoms with Crippen molar-refractivity contribution in [3.05, 3.63) is 51.1 Å². The normalized spacial score (nSPS) is 11.1. The number of aliphatic imine (C=N–C) groups is 1. The van der Waals surface area contributed by atoms with Gasteiger partial charge in [-0.05, 0) is 55.3 Å². The van der Waals surface area contributed by atoms with Gasteiger partial charge < -0.3 is 9.64 Å². The third kappa shape index (κ3) is 5.06. The summed E-state index contributed by atoms with van der Waals surface area (Å²) in [6.07, 6.45) is 1.81. The van der Waals surface area contributed by atoms with Crippen LogP contribution in [0.4, 0.5) is 5.69 Å². The second kappa shape index (κ2) is 8.29. The number of nitrogens with zero attached hydrogens (tertiary/aromatic N) is 3. The van der Waals surface area contributed by atoms with Gasteiger partial charge in [0, 0.05) is 13.6 Å². The van der Waals surface area contributed by atoms with E-state index in [-0.39, 0.29) is 0 Å². The molecule has 0 amide bonds. The molecule has 1 aromatic heterocycles. The molecule has 128 valence electrons. The van der Waals surface area contributed by atoms with Crippen LogP contribution in [-0.4, -0.2) is 29.8 Å². The van der Waals surface area contributed by atoms with Crippen molar-refractivity contribution in [1.29, 1.82) is 0 Å². The molecule has 1 aromatic carbocycles. The molecule has 2 aromatic rings. The SMILES string of the molecule is CCN(C)C=Nc1cc(Br)c(OCc2cc(C)cc(C)c2)nc1C. The van der Waals surface area contributed by atoms with E-state index in [4.69, 9.17) is 4.74 Å². The van der Waals surface area contributed by atoms with Gasteiger partial charge in [-0.25, -0.2) is 9.98 Å². The van der Waals surface area contributed by atoms with Crippen LogP contribution in [0.1, 0.15) is 29.3 Å². The van der Waals surface area contributed by atoms with E-state index in [1.54, 1.807) is 0 Å². The second-order valence-electron chi connectivity index (χ2n) is 5.98. The van der Waals surface area contributed by atoms with E-state index in [1.165, 1.54) is 11.1 Å². The Labute approximate surface area is 152 Å². The van der Waals surface area contributed by atoms with Gasteiger partial charge in [0.2, 0.25) is 5.88 Å². The first-order valence-corrected chi connectivity index (χ1v) is 8.80. The number of hydrogen-bond donors (Lipinski definition) is 0. The molecule has 0 atom stereocenters. The van der Waals surface area contributed by atoms with Crippen LogP contribution in [0.2, 0.25) is 0 Å². The third-order valence-corrected chi connectivity index (χ3v) is 4.23. The molecule has 0 saturated heterocycles. The maximum absolute atomic E-state index is 5.90. The van der Waals surface area contributed by atoms with Crippen molar-refractivity contribution in [2.45, 2.75) is 34.3 Å². The fourth-order valence-electron chi connectivity index (χ4n) is 2.33. The highest BCUT2D eigenvalue weighted by Gasteiger charge is 2.09. The summed E-state index contributed by atoms with van der Waals surface area (Å²) >= 11 is 3.53. The standard InChI is InChI=1S/C19H24BrN3O/c1-6-23(5)12-21-18-10-17(20)19(22-15(18)4)24-11-16-8-13(2)7-14(3)9-16/h7-10,12H,6,11H2,1-5H3. The van der Waals surface area contributed by atoms with Crippen LogP contribution in [0.25, 0.3) is 0 Å². The minimum absolute atomic E-state index is 0.495. The van der Waals surface area contributed by atoms with Gasteiger partial charge >= 0.3 is 0 Å². The van der Waals surface area contributed by atoms with Gasteiger partial charge in [-0.3, -0.25) is 0 Å². The average Bonchev–Trinajstić information content (AvgIpc) is 2.52. The van der Waals surface area contributed by atoms with Crippen LogP contribution in [0.3, 0.4) is 0 Å². The Morgan fingerprint density at radius 2 is 1.83 bits per heavy atom. The quantitative estimate of drug-likeness (QED) is 0.517. The van der Waals surface area contributed by atoms with Gasteiger partial charge in [0.05, 0.1) is 22.2 Å². The van der Waals surface area contributed by atoms with E-state index >= 15 is 0 Å². The molecule has 5 heteroatoms. The smallest absolute Gasteiger partial charge is 0.228 e. The van der Waals surface area contributed by atoms with Crippen LogP contribution in [0.15, 0.2) is 33.7 Å². The van der Waals surface area contributed by atoms with Gasteiger partial charge in [-0.15, -0.1) is 0 Å². The van der Waals surface area contributed by atoms with E-state index in [0.29, 0.717) is 12.5 Å². The summed E-state index contributed by atoms with van der Waals surface area (Å²) in [5.74, 6) is 0.592. The highest BCUT2D eigenvalue weighted by atomic mass is 79.9. The van der Waals surface area contributed by atoms with E-state index < -0.39 is 0 Å². The Hall–Kier alpha value is -1.88. The summed E-state index contributed by atoms with van der Waals surface area (Å²) in [6, 6.07) is 8.36. The number of halogens is 1. The number of benzene rings is 1. The lowest BCUT2D eigenvalue weighted by Crippen LogP contribution is -2.14. The zero-order valence-electron chi connectivity index (χ0n) is 14.9. The van der Waals surface area contributed by atoms with Crippen molar-refractivity contribution >= 4 is 28.0 Å². The molecule has 0 aliphatic carbocycles. The van der Waals surface area contributed by atoms with Crippen molar-refractivity contribution in [2.75, 3.05) is 13.6 Å². The van der Waals surface area contributed by atoms with E-state index in [9.17, 15) is 0 Å². The summed E-state index contributed by atoms with van der Waals surface area (Å²) in [4.78, 5) is 11.0. The summed E-state index contributed by atoms with van der Waals surface area (Å²) in [6.45, 7) is 9.61. The van der Waals surface area contributed by atoms with Crippen molar-refractivity contribution in [1.82, 2.24) is 9.88 Å². The molecule has 1 heterocycles. The van der Waals surface area contributed by atoms with Crippen LogP contribution >= 0.6 is 15.9 Å². The lowest BCUT2D eigenvalue weighted by Gasteiger charge is -2.12. The number of aromatic nitrogens is 1. The van der Waals surface area contributed by atoms with Crippen molar-refractivity contribution in [3.8, 4) is 5.88 Å². The van der Waals surface area contributed by atoms with Gasteiger partial charge in [-0.1, -0.05) is 29.3 Å². The van der Waals surface area contributed by atoms with Gasteiger partial charge in [0.25, 0.3) is 0 Å². The van der Waals surface area contributed by atoms with Gasteiger partial charge in [0.15, 0.2) is 0 Å². The first-order valence-electron chi connectivity index (χ1n) is 8.00. The lowest BCUT2D eigenvalue weighted by atomic mass is 10.1. The molecule has 0 fully saturated rings. The molecular formula is C19H24BrN3O. The Morgan fingerprint density at radius 3 is 2.46 bits per heavy atom. The predicted molar refractivity (Wildman–Crippen MR) is 103 cm³/mol. The Bertz CT molecular complexity index is 723. The minimum Gasteiger partial charge on any atom is -0.472 e. The highest BCUT2D eigenvalue weighted by molar-refractivity contribution is 9.10. The Kier molecular flexibility index (Phi) is 6.37. The molecule has 0 bridgehead atoms. The topological polar surface area (TPSA) is 37.7 Å². The van der Waals surface area contributed by atoms with E-state index in [0.717, 1.165) is 28.0 Å². The van der Waals surface area contributed by atoms with Crippen LogP contribution in [0.5, 0.6) is 5.88 Å².